The molecule has 0 aromatic heterocycles. The second kappa shape index (κ2) is 9.39. The molecule has 2 aromatic carbocycles. The quantitative estimate of drug-likeness (QED) is 0.693. The predicted octanol–water partition coefficient (Wildman–Crippen LogP) is 4.12. The van der Waals surface area contributed by atoms with Crippen LogP contribution in [0.2, 0.25) is 5.02 Å². The summed E-state index contributed by atoms with van der Waals surface area (Å²) in [5.74, 6) is 2.05. The number of rotatable bonds is 7. The molecule has 0 N–H and O–H groups in total. The van der Waals surface area contributed by atoms with E-state index in [2.05, 4.69) is 28.9 Å². The first-order valence-corrected chi connectivity index (χ1v) is 9.97. The van der Waals surface area contributed by atoms with Gasteiger partial charge in [0.15, 0.2) is 11.5 Å². The Morgan fingerprint density at radius 2 is 1.61 bits per heavy atom. The normalized spacial score (nSPS) is 17.5. The summed E-state index contributed by atoms with van der Waals surface area (Å²) >= 11 is 6.02. The third-order valence-corrected chi connectivity index (χ3v) is 5.56. The van der Waals surface area contributed by atoms with Crippen molar-refractivity contribution in [1.29, 1.82) is 0 Å². The molecule has 1 heterocycles. The van der Waals surface area contributed by atoms with Gasteiger partial charge in [-0.25, -0.2) is 0 Å². The smallest absolute Gasteiger partial charge is 0.203 e. The van der Waals surface area contributed by atoms with Gasteiger partial charge in [0.05, 0.1) is 21.3 Å². The molecule has 0 saturated carbocycles. The highest BCUT2D eigenvalue weighted by molar-refractivity contribution is 6.30. The number of nitrogens with zero attached hydrogens (tertiary/aromatic N) is 2. The molecule has 0 spiro atoms. The van der Waals surface area contributed by atoms with Crippen LogP contribution in [0.25, 0.3) is 0 Å². The van der Waals surface area contributed by atoms with Gasteiger partial charge < -0.3 is 19.1 Å². The first-order valence-electron chi connectivity index (χ1n) is 9.59. The molecule has 0 bridgehead atoms. The van der Waals surface area contributed by atoms with E-state index in [0.29, 0.717) is 23.3 Å². The van der Waals surface area contributed by atoms with Crippen LogP contribution in [0.4, 0.5) is 5.69 Å². The van der Waals surface area contributed by atoms with E-state index in [1.165, 1.54) is 11.3 Å². The van der Waals surface area contributed by atoms with Crippen LogP contribution < -0.4 is 19.1 Å². The maximum absolute atomic E-state index is 6.02. The number of methoxy groups -OCH3 is 3. The van der Waals surface area contributed by atoms with Crippen molar-refractivity contribution in [1.82, 2.24) is 4.90 Å². The van der Waals surface area contributed by atoms with Crippen molar-refractivity contribution in [3.8, 4) is 17.2 Å². The Bertz CT molecular complexity index is 757. The molecule has 0 aliphatic carbocycles. The summed E-state index contributed by atoms with van der Waals surface area (Å²) in [6.45, 7) is 6.36. The van der Waals surface area contributed by atoms with Crippen LogP contribution in [0.1, 0.15) is 12.5 Å². The Morgan fingerprint density at radius 3 is 2.14 bits per heavy atom. The first-order chi connectivity index (χ1) is 13.5. The van der Waals surface area contributed by atoms with Crippen molar-refractivity contribution in [2.45, 2.75) is 19.4 Å². The van der Waals surface area contributed by atoms with Gasteiger partial charge in [-0.15, -0.1) is 0 Å². The number of hydrogen-bond donors (Lipinski definition) is 0. The molecule has 6 heteroatoms. The molecule has 152 valence electrons. The van der Waals surface area contributed by atoms with E-state index in [0.717, 1.165) is 37.6 Å². The summed E-state index contributed by atoms with van der Waals surface area (Å²) in [7, 11) is 4.93. The molecule has 5 nitrogen and oxygen atoms in total. The van der Waals surface area contributed by atoms with E-state index in [4.69, 9.17) is 25.8 Å². The van der Waals surface area contributed by atoms with Gasteiger partial charge in [0.1, 0.15) is 0 Å². The Balaban J connectivity index is 1.61. The highest BCUT2D eigenvalue weighted by atomic mass is 35.5. The lowest BCUT2D eigenvalue weighted by Crippen LogP contribution is -2.52. The first kappa shape index (κ1) is 20.6. The second-order valence-electron chi connectivity index (χ2n) is 7.10. The third-order valence-electron chi connectivity index (χ3n) is 5.31. The van der Waals surface area contributed by atoms with E-state index >= 15 is 0 Å². The van der Waals surface area contributed by atoms with Gasteiger partial charge in [-0.1, -0.05) is 11.6 Å². The second-order valence-corrected chi connectivity index (χ2v) is 7.54. The van der Waals surface area contributed by atoms with Gasteiger partial charge in [-0.3, -0.25) is 4.90 Å². The molecular formula is C22H29ClN2O3. The number of benzene rings is 2. The Labute approximate surface area is 172 Å². The van der Waals surface area contributed by atoms with E-state index in [1.54, 1.807) is 21.3 Å². The Morgan fingerprint density at radius 1 is 0.964 bits per heavy atom. The number of hydrogen-bond acceptors (Lipinski definition) is 5. The zero-order chi connectivity index (χ0) is 20.1. The number of piperazine rings is 1. The minimum Gasteiger partial charge on any atom is -0.493 e. The fraction of sp³-hybridized carbons (Fsp3) is 0.455. The van der Waals surface area contributed by atoms with Crippen LogP contribution in [0, 0.1) is 0 Å². The van der Waals surface area contributed by atoms with Gasteiger partial charge in [0.2, 0.25) is 5.75 Å². The van der Waals surface area contributed by atoms with Gasteiger partial charge >= 0.3 is 0 Å². The molecule has 1 saturated heterocycles. The Hall–Kier alpha value is -2.11. The lowest BCUT2D eigenvalue weighted by Gasteiger charge is -2.41. The Kier molecular flexibility index (Phi) is 6.92. The number of anilines is 1. The molecular weight excluding hydrogens is 376 g/mol. The standard InChI is InChI=1S/C22H29ClN2O3/c1-16-15-24(11-12-25(16)19-7-5-18(23)6-8-19)10-9-17-13-20(26-2)22(28-4)21(14-17)27-3/h5-8,13-14,16H,9-12,15H2,1-4H3. The van der Waals surface area contributed by atoms with Crippen LogP contribution in [0.15, 0.2) is 36.4 Å². The fourth-order valence-corrected chi connectivity index (χ4v) is 3.95. The maximum atomic E-state index is 6.02. The largest absolute Gasteiger partial charge is 0.493 e. The zero-order valence-electron chi connectivity index (χ0n) is 17.1. The van der Waals surface area contributed by atoms with Gasteiger partial charge in [-0.05, 0) is 55.3 Å². The van der Waals surface area contributed by atoms with Gasteiger partial charge in [0, 0.05) is 42.9 Å². The summed E-state index contributed by atoms with van der Waals surface area (Å²) in [5, 5.41) is 0.778. The van der Waals surface area contributed by atoms with Crippen molar-refractivity contribution in [2.24, 2.45) is 0 Å². The highest BCUT2D eigenvalue weighted by Crippen LogP contribution is 2.38. The van der Waals surface area contributed by atoms with Crippen molar-refractivity contribution in [3.05, 3.63) is 47.0 Å². The SMILES string of the molecule is COc1cc(CCN2CCN(c3ccc(Cl)cc3)C(C)C2)cc(OC)c1OC. The summed E-state index contributed by atoms with van der Waals surface area (Å²) in [5.41, 5.74) is 2.42. The van der Waals surface area contributed by atoms with Crippen molar-refractivity contribution in [3.63, 3.8) is 0 Å². The molecule has 0 amide bonds. The van der Waals surface area contributed by atoms with E-state index < -0.39 is 0 Å². The van der Waals surface area contributed by atoms with Gasteiger partial charge in [0.25, 0.3) is 0 Å². The fourth-order valence-electron chi connectivity index (χ4n) is 3.82. The molecule has 1 atom stereocenters. The lowest BCUT2D eigenvalue weighted by molar-refractivity contribution is 0.231. The molecule has 28 heavy (non-hydrogen) atoms. The lowest BCUT2D eigenvalue weighted by atomic mass is 10.1. The summed E-state index contributed by atoms with van der Waals surface area (Å²) in [4.78, 5) is 4.96. The van der Waals surface area contributed by atoms with E-state index in [1.807, 2.05) is 24.3 Å². The van der Waals surface area contributed by atoms with Crippen LogP contribution >= 0.6 is 11.6 Å². The van der Waals surface area contributed by atoms with Crippen LogP contribution in [0.3, 0.4) is 0 Å². The molecule has 1 fully saturated rings. The van der Waals surface area contributed by atoms with Crippen LogP contribution in [-0.4, -0.2) is 58.5 Å². The summed E-state index contributed by atoms with van der Waals surface area (Å²) in [6.07, 6.45) is 0.935. The van der Waals surface area contributed by atoms with Crippen LogP contribution in [-0.2, 0) is 6.42 Å². The van der Waals surface area contributed by atoms with Crippen LogP contribution in [0.5, 0.6) is 17.2 Å². The molecule has 1 aliphatic heterocycles. The summed E-state index contributed by atoms with van der Waals surface area (Å²) < 4.78 is 16.3. The van der Waals surface area contributed by atoms with Gasteiger partial charge in [-0.2, -0.15) is 0 Å². The zero-order valence-corrected chi connectivity index (χ0v) is 17.8. The van der Waals surface area contributed by atoms with Crippen molar-refractivity contribution >= 4 is 17.3 Å². The van der Waals surface area contributed by atoms with E-state index in [-0.39, 0.29) is 0 Å². The monoisotopic (exact) mass is 404 g/mol. The third kappa shape index (κ3) is 4.65. The number of ether oxygens (including phenoxy) is 3. The summed E-state index contributed by atoms with van der Waals surface area (Å²) in [6, 6.07) is 12.6. The average Bonchev–Trinajstić information content (AvgIpc) is 2.72. The van der Waals surface area contributed by atoms with Crippen molar-refractivity contribution < 1.29 is 14.2 Å². The molecule has 1 unspecified atom stereocenters. The van der Waals surface area contributed by atoms with E-state index in [9.17, 15) is 0 Å². The molecule has 0 radical (unpaired) electrons. The topological polar surface area (TPSA) is 34.2 Å². The minimum atomic E-state index is 0.454. The highest BCUT2D eigenvalue weighted by Gasteiger charge is 2.24. The maximum Gasteiger partial charge on any atom is 0.203 e. The minimum absolute atomic E-state index is 0.454. The number of halogens is 1. The van der Waals surface area contributed by atoms with Crippen molar-refractivity contribution in [2.75, 3.05) is 52.4 Å². The predicted molar refractivity (Wildman–Crippen MR) is 115 cm³/mol. The molecule has 2 aromatic rings. The molecule has 1 aliphatic rings. The molecule has 3 rings (SSSR count). The average molecular weight is 405 g/mol.